The molecule has 0 saturated carbocycles. The van der Waals surface area contributed by atoms with Crippen molar-refractivity contribution in [3.63, 3.8) is 0 Å². The van der Waals surface area contributed by atoms with Gasteiger partial charge in [0.15, 0.2) is 0 Å². The molecule has 2 rings (SSSR count). The van der Waals surface area contributed by atoms with Gasteiger partial charge in [0.2, 0.25) is 5.60 Å². The van der Waals surface area contributed by atoms with E-state index in [1.807, 2.05) is 31.2 Å². The number of carbonyl (C=O) groups is 3. The Bertz CT molecular complexity index is 653. The number of anilines is 1. The minimum absolute atomic E-state index is 0.247. The quantitative estimate of drug-likeness (QED) is 0.795. The molecule has 0 spiro atoms. The number of piperazine rings is 1. The Labute approximate surface area is 146 Å². The molecule has 2 N–H and O–H groups in total. The minimum atomic E-state index is -1.91. The maximum atomic E-state index is 12.4. The molecular formula is C17H23N3O5. The summed E-state index contributed by atoms with van der Waals surface area (Å²) >= 11 is 0. The lowest BCUT2D eigenvalue weighted by atomic mass is 10.0. The molecule has 25 heavy (non-hydrogen) atoms. The Kier molecular flexibility index (Phi) is 5.63. The average Bonchev–Trinajstić information content (AvgIpc) is 2.62. The minimum Gasteiger partial charge on any atom is -0.479 e. The smallest absolute Gasteiger partial charge is 0.345 e. The first-order valence-electron chi connectivity index (χ1n) is 7.98. The fourth-order valence-electron chi connectivity index (χ4n) is 2.52. The van der Waals surface area contributed by atoms with Crippen molar-refractivity contribution >= 4 is 23.6 Å². The summed E-state index contributed by atoms with van der Waals surface area (Å²) < 4.78 is 4.89. The second-order valence-corrected chi connectivity index (χ2v) is 6.12. The Morgan fingerprint density at radius 2 is 1.60 bits per heavy atom. The topological polar surface area (TPSA) is 99.2 Å². The van der Waals surface area contributed by atoms with Crippen LogP contribution < -0.4 is 5.32 Å². The molecule has 1 saturated heterocycles. The number of carbonyl (C=O) groups excluding carboxylic acids is 2. The molecule has 1 atom stereocenters. The van der Waals surface area contributed by atoms with Crippen LogP contribution in [0.1, 0.15) is 12.5 Å². The van der Waals surface area contributed by atoms with Crippen molar-refractivity contribution in [3.8, 4) is 0 Å². The molecule has 1 unspecified atom stereocenters. The van der Waals surface area contributed by atoms with Gasteiger partial charge in [0, 0.05) is 39.0 Å². The van der Waals surface area contributed by atoms with Crippen molar-refractivity contribution in [1.82, 2.24) is 9.80 Å². The number of hydrogen-bond donors (Lipinski definition) is 2. The van der Waals surface area contributed by atoms with E-state index in [0.29, 0.717) is 18.8 Å². The Morgan fingerprint density at radius 3 is 2.08 bits per heavy atom. The van der Waals surface area contributed by atoms with Crippen molar-refractivity contribution in [2.45, 2.75) is 19.4 Å². The van der Waals surface area contributed by atoms with Crippen LogP contribution in [0, 0.1) is 6.92 Å². The molecule has 8 heteroatoms. The zero-order valence-electron chi connectivity index (χ0n) is 14.6. The van der Waals surface area contributed by atoms with Crippen molar-refractivity contribution in [1.29, 1.82) is 0 Å². The third-order valence-corrected chi connectivity index (χ3v) is 4.38. The fourth-order valence-corrected chi connectivity index (χ4v) is 2.52. The van der Waals surface area contributed by atoms with E-state index < -0.39 is 17.5 Å². The Balaban J connectivity index is 1.92. The van der Waals surface area contributed by atoms with E-state index >= 15 is 0 Å². The number of hydrogen-bond acceptors (Lipinski definition) is 4. The normalized spacial score (nSPS) is 16.9. The number of aliphatic carboxylic acids is 1. The number of carboxylic acids is 1. The highest BCUT2D eigenvalue weighted by Crippen LogP contribution is 2.17. The molecular weight excluding hydrogens is 326 g/mol. The first-order valence-corrected chi connectivity index (χ1v) is 7.98. The summed E-state index contributed by atoms with van der Waals surface area (Å²) in [6.07, 6.45) is 0. The number of amides is 3. The second kappa shape index (κ2) is 7.52. The number of carboxylic acid groups (broad SMARTS) is 1. The van der Waals surface area contributed by atoms with Gasteiger partial charge in [0.05, 0.1) is 0 Å². The number of methoxy groups -OCH3 is 1. The highest BCUT2D eigenvalue weighted by atomic mass is 16.5. The molecule has 3 amide bonds. The van der Waals surface area contributed by atoms with Gasteiger partial charge in [-0.2, -0.15) is 0 Å². The van der Waals surface area contributed by atoms with Gasteiger partial charge in [-0.25, -0.2) is 9.59 Å². The number of benzene rings is 1. The zero-order valence-corrected chi connectivity index (χ0v) is 14.6. The summed E-state index contributed by atoms with van der Waals surface area (Å²) in [6.45, 7) is 4.35. The molecule has 1 heterocycles. The van der Waals surface area contributed by atoms with Crippen LogP contribution in [-0.4, -0.2) is 71.7 Å². The Morgan fingerprint density at radius 1 is 1.08 bits per heavy atom. The molecule has 8 nitrogen and oxygen atoms in total. The van der Waals surface area contributed by atoms with Crippen LogP contribution in [-0.2, 0) is 14.3 Å². The van der Waals surface area contributed by atoms with E-state index in [1.54, 1.807) is 4.90 Å². The highest BCUT2D eigenvalue weighted by molar-refractivity contribution is 6.05. The van der Waals surface area contributed by atoms with Crippen molar-refractivity contribution in [2.24, 2.45) is 0 Å². The third kappa shape index (κ3) is 4.08. The monoisotopic (exact) mass is 349 g/mol. The number of aryl methyl sites for hydroxylation is 1. The molecule has 0 aromatic heterocycles. The number of rotatable bonds is 4. The van der Waals surface area contributed by atoms with E-state index in [0.717, 1.165) is 5.56 Å². The van der Waals surface area contributed by atoms with Gasteiger partial charge in [-0.3, -0.25) is 4.79 Å². The summed E-state index contributed by atoms with van der Waals surface area (Å²) in [5, 5.41) is 12.0. The molecule has 0 radical (unpaired) electrons. The SMILES string of the molecule is COC(C)(C(=O)O)C(=O)N1CCN(C(=O)Nc2ccc(C)cc2)CC1. The summed E-state index contributed by atoms with van der Waals surface area (Å²) in [7, 11) is 1.19. The molecule has 1 aromatic carbocycles. The van der Waals surface area contributed by atoms with Gasteiger partial charge >= 0.3 is 12.0 Å². The molecule has 1 aliphatic heterocycles. The van der Waals surface area contributed by atoms with Gasteiger partial charge in [0.25, 0.3) is 5.91 Å². The van der Waals surface area contributed by atoms with Gasteiger partial charge in [0.1, 0.15) is 0 Å². The van der Waals surface area contributed by atoms with Gasteiger partial charge in [-0.1, -0.05) is 17.7 Å². The van der Waals surface area contributed by atoms with Crippen LogP contribution in [0.5, 0.6) is 0 Å². The second-order valence-electron chi connectivity index (χ2n) is 6.12. The van der Waals surface area contributed by atoms with Crippen LogP contribution in [0.3, 0.4) is 0 Å². The third-order valence-electron chi connectivity index (χ3n) is 4.38. The first-order chi connectivity index (χ1) is 11.8. The van der Waals surface area contributed by atoms with E-state index in [9.17, 15) is 19.5 Å². The van der Waals surface area contributed by atoms with Crippen LogP contribution in [0.25, 0.3) is 0 Å². The summed E-state index contributed by atoms with van der Waals surface area (Å²) in [6, 6.07) is 7.21. The molecule has 1 aromatic rings. The van der Waals surface area contributed by atoms with E-state index in [2.05, 4.69) is 5.32 Å². The van der Waals surface area contributed by atoms with Crippen molar-refractivity contribution in [2.75, 3.05) is 38.6 Å². The van der Waals surface area contributed by atoms with Gasteiger partial charge in [-0.05, 0) is 26.0 Å². The van der Waals surface area contributed by atoms with Crippen LogP contribution in [0.4, 0.5) is 10.5 Å². The lowest BCUT2D eigenvalue weighted by Crippen LogP contribution is -2.59. The van der Waals surface area contributed by atoms with Crippen LogP contribution >= 0.6 is 0 Å². The Hall–Kier alpha value is -2.61. The number of nitrogens with one attached hydrogen (secondary N) is 1. The van der Waals surface area contributed by atoms with Crippen molar-refractivity contribution in [3.05, 3.63) is 29.8 Å². The zero-order chi connectivity index (χ0) is 18.6. The maximum Gasteiger partial charge on any atom is 0.345 e. The molecule has 1 aliphatic rings. The largest absolute Gasteiger partial charge is 0.479 e. The van der Waals surface area contributed by atoms with Gasteiger partial charge < -0.3 is 25.0 Å². The lowest BCUT2D eigenvalue weighted by molar-refractivity contribution is -0.174. The predicted octanol–water partition coefficient (Wildman–Crippen LogP) is 1.16. The number of urea groups is 1. The summed E-state index contributed by atoms with van der Waals surface area (Å²) in [4.78, 5) is 39.0. The average molecular weight is 349 g/mol. The first kappa shape index (κ1) is 18.7. The summed E-state index contributed by atoms with van der Waals surface area (Å²) in [5.41, 5.74) is -0.108. The predicted molar refractivity (Wildman–Crippen MR) is 91.4 cm³/mol. The van der Waals surface area contributed by atoms with E-state index in [1.165, 1.54) is 18.9 Å². The van der Waals surface area contributed by atoms with E-state index in [-0.39, 0.29) is 19.1 Å². The summed E-state index contributed by atoms with van der Waals surface area (Å²) in [5.74, 6) is -1.94. The molecule has 136 valence electrons. The molecule has 0 bridgehead atoms. The molecule has 1 fully saturated rings. The fraction of sp³-hybridized carbons (Fsp3) is 0.471. The number of nitrogens with zero attached hydrogens (tertiary/aromatic N) is 2. The van der Waals surface area contributed by atoms with Crippen molar-refractivity contribution < 1.29 is 24.2 Å². The lowest BCUT2D eigenvalue weighted by Gasteiger charge is -2.37. The standard InChI is InChI=1S/C17H23N3O5/c1-12-4-6-13(7-5-12)18-16(24)20-10-8-19(9-11-20)14(21)17(2,25-3)15(22)23/h4-7H,8-11H2,1-3H3,(H,18,24)(H,22,23). The highest BCUT2D eigenvalue weighted by Gasteiger charge is 2.45. The van der Waals surface area contributed by atoms with Gasteiger partial charge in [-0.15, -0.1) is 0 Å². The van der Waals surface area contributed by atoms with Crippen LogP contribution in [0.15, 0.2) is 24.3 Å². The number of ether oxygens (including phenoxy) is 1. The van der Waals surface area contributed by atoms with Crippen LogP contribution in [0.2, 0.25) is 0 Å². The van der Waals surface area contributed by atoms with E-state index in [4.69, 9.17) is 4.74 Å². The maximum absolute atomic E-state index is 12.4. The molecule has 0 aliphatic carbocycles.